The molecular formula is C9H17N2+. The van der Waals surface area contributed by atoms with Crippen LogP contribution in [0.25, 0.3) is 0 Å². The van der Waals surface area contributed by atoms with E-state index in [1.807, 2.05) is 0 Å². The van der Waals surface area contributed by atoms with Gasteiger partial charge < -0.3 is 0 Å². The third-order valence-corrected chi connectivity index (χ3v) is 0.921. The summed E-state index contributed by atoms with van der Waals surface area (Å²) in [4.78, 5) is 0. The molecule has 1 aromatic heterocycles. The summed E-state index contributed by atoms with van der Waals surface area (Å²) in [5.74, 6) is 0. The molecule has 2 heteroatoms. The standard InChI is InChI=1S/C9H17N2/c1-8(2)10-5-6-11(7-10)9(3)4/h5-9H,1-4H3/q+1/i1D3,2D3,3D3,4D3,5D,6D,7D,8D,9D. The van der Waals surface area contributed by atoms with Gasteiger partial charge in [-0.05, 0) is 27.4 Å². The SMILES string of the molecule is [2H]c1c([2H])[n+](C([2H])(C([2H])([2H])[2H])C([2H])([2H])[2H])c([2H])n1C([2H])(C([2H])([2H])[2H])C([2H])([2H])[2H]. The van der Waals surface area contributed by atoms with Crippen LogP contribution < -0.4 is 4.57 Å². The Morgan fingerprint density at radius 2 is 2.36 bits per heavy atom. The van der Waals surface area contributed by atoms with Crippen molar-refractivity contribution in [1.82, 2.24) is 4.57 Å². The highest BCUT2D eigenvalue weighted by molar-refractivity contribution is 4.70. The minimum absolute atomic E-state index is 0.268. The molecule has 0 unspecified atom stereocenters. The molecule has 0 spiro atoms. The third-order valence-electron chi connectivity index (χ3n) is 0.921. The summed E-state index contributed by atoms with van der Waals surface area (Å²) < 4.78 is 128. The normalized spacial score (nSPS) is 40.5. The number of hydrogen-bond donors (Lipinski definition) is 0. The summed E-state index contributed by atoms with van der Waals surface area (Å²) in [6.45, 7) is -14.8. The lowest BCUT2D eigenvalue weighted by atomic mass is 10.4. The molecule has 0 fully saturated rings. The molecular weight excluding hydrogens is 136 g/mol. The Morgan fingerprint density at radius 1 is 1.55 bits per heavy atom. The van der Waals surface area contributed by atoms with Crippen LogP contribution in [0.5, 0.6) is 0 Å². The van der Waals surface area contributed by atoms with Crippen molar-refractivity contribution in [2.24, 2.45) is 0 Å². The Kier molecular flexibility index (Phi) is 0.327. The van der Waals surface area contributed by atoms with Gasteiger partial charge in [0.15, 0.2) is 1.37 Å². The summed E-state index contributed by atoms with van der Waals surface area (Å²) >= 11 is 0. The maximum absolute atomic E-state index is 8.03. The smallest absolute Gasteiger partial charge is 0.235 e. The second-order valence-corrected chi connectivity index (χ2v) is 1.69. The van der Waals surface area contributed by atoms with Gasteiger partial charge in [-0.1, -0.05) is 0 Å². The van der Waals surface area contributed by atoms with Gasteiger partial charge in [-0.25, -0.2) is 9.13 Å². The molecule has 2 nitrogen and oxygen atoms in total. The Balaban J connectivity index is 4.17. The fourth-order valence-corrected chi connectivity index (χ4v) is 0.462. The van der Waals surface area contributed by atoms with Gasteiger partial charge >= 0.3 is 0 Å². The van der Waals surface area contributed by atoms with E-state index in [0.29, 0.717) is 0 Å². The predicted octanol–water partition coefficient (Wildman–Crippen LogP) is 1.94. The van der Waals surface area contributed by atoms with Crippen LogP contribution in [0.15, 0.2) is 18.6 Å². The van der Waals surface area contributed by atoms with E-state index in [1.54, 1.807) is 0 Å². The molecule has 0 N–H and O–H groups in total. The number of rotatable bonds is 2. The minimum Gasteiger partial charge on any atom is -0.235 e. The number of aromatic nitrogens is 2. The van der Waals surface area contributed by atoms with E-state index in [-0.39, 0.29) is 9.13 Å². The van der Waals surface area contributed by atoms with Gasteiger partial charge in [0.25, 0.3) is 0 Å². The van der Waals surface area contributed by atoms with Gasteiger partial charge in [-0.3, -0.25) is 0 Å². The van der Waals surface area contributed by atoms with E-state index in [2.05, 4.69) is 0 Å². The average Bonchev–Trinajstić information content (AvgIpc) is 2.63. The summed E-state index contributed by atoms with van der Waals surface area (Å²) in [7, 11) is 0. The summed E-state index contributed by atoms with van der Waals surface area (Å²) in [5.41, 5.74) is 0. The highest BCUT2D eigenvalue weighted by Crippen LogP contribution is 2.01. The first-order chi connectivity index (χ1) is 12.0. The number of imidazole rings is 1. The Bertz CT molecular complexity index is 654. The molecule has 0 bridgehead atoms. The molecule has 0 aliphatic heterocycles. The molecule has 62 valence electrons. The van der Waals surface area contributed by atoms with Crippen LogP contribution in [0, 0.1) is 0 Å². The van der Waals surface area contributed by atoms with Crippen molar-refractivity contribution in [3.63, 3.8) is 0 Å². The van der Waals surface area contributed by atoms with E-state index in [4.69, 9.17) is 23.3 Å². The zero-order valence-electron chi connectivity index (χ0n) is 22.4. The fraction of sp³-hybridized carbons (Fsp3) is 0.667. The van der Waals surface area contributed by atoms with Gasteiger partial charge in [-0.2, -0.15) is 0 Å². The number of nitrogens with zero attached hydrogens (tertiary/aromatic N) is 2. The molecule has 1 aromatic rings. The molecule has 1 rings (SSSR count). The van der Waals surface area contributed by atoms with Crippen LogP contribution in [0.2, 0.25) is 0 Å². The van der Waals surface area contributed by atoms with Gasteiger partial charge in [0.1, 0.15) is 15.1 Å². The van der Waals surface area contributed by atoms with Crippen LogP contribution in [0.1, 0.15) is 62.7 Å². The van der Waals surface area contributed by atoms with Crippen LogP contribution >= 0.6 is 0 Å². The Morgan fingerprint density at radius 3 is 3.00 bits per heavy atom. The van der Waals surface area contributed by atoms with E-state index in [1.165, 1.54) is 0 Å². The van der Waals surface area contributed by atoms with Gasteiger partial charge in [-0.15, -0.1) is 0 Å². The van der Waals surface area contributed by atoms with E-state index in [0.717, 1.165) is 0 Å². The van der Waals surface area contributed by atoms with Crippen molar-refractivity contribution in [2.75, 3.05) is 0 Å². The number of hydrogen-bond acceptors (Lipinski definition) is 0. The van der Waals surface area contributed by atoms with Crippen molar-refractivity contribution < 1.29 is 27.9 Å². The largest absolute Gasteiger partial charge is 0.244 e. The van der Waals surface area contributed by atoms with Crippen molar-refractivity contribution in [2.45, 2.75) is 39.4 Å². The van der Waals surface area contributed by atoms with Crippen LogP contribution in [0.3, 0.4) is 0 Å². The van der Waals surface area contributed by atoms with Crippen molar-refractivity contribution in [3.05, 3.63) is 18.6 Å². The topological polar surface area (TPSA) is 8.81 Å². The molecule has 0 aliphatic carbocycles. The molecule has 0 saturated carbocycles. The van der Waals surface area contributed by atoms with E-state index in [9.17, 15) is 0 Å². The predicted molar refractivity (Wildman–Crippen MR) is 45.4 cm³/mol. The highest BCUT2D eigenvalue weighted by atomic mass is 15.1. The lowest BCUT2D eigenvalue weighted by molar-refractivity contribution is -0.715. The van der Waals surface area contributed by atoms with E-state index < -0.39 is 58.1 Å². The first-order valence-electron chi connectivity index (χ1n) is 11.1. The Labute approximate surface area is 92.4 Å². The van der Waals surface area contributed by atoms with Crippen LogP contribution in [-0.4, -0.2) is 4.57 Å². The molecule has 0 aliphatic rings. The molecule has 0 amide bonds. The molecule has 0 aromatic carbocycles. The molecule has 0 radical (unpaired) electrons. The van der Waals surface area contributed by atoms with Crippen molar-refractivity contribution in [1.29, 1.82) is 0 Å². The Hall–Kier alpha value is -0.790. The van der Waals surface area contributed by atoms with Crippen molar-refractivity contribution >= 4 is 0 Å². The summed E-state index contributed by atoms with van der Waals surface area (Å²) in [5, 5.41) is 0. The molecule has 1 heterocycles. The maximum Gasteiger partial charge on any atom is 0.244 e. The molecule has 11 heavy (non-hydrogen) atoms. The average molecular weight is 170 g/mol. The van der Waals surface area contributed by atoms with Gasteiger partial charge in [0.05, 0.1) is 14.8 Å². The third kappa shape index (κ3) is 1.82. The summed E-state index contributed by atoms with van der Waals surface area (Å²) in [6, 6.07) is -7.45. The lowest BCUT2D eigenvalue weighted by Crippen LogP contribution is -2.33. The zero-order chi connectivity index (χ0) is 22.9. The zero-order valence-corrected chi connectivity index (χ0v) is 5.39. The second kappa shape index (κ2) is 3.07. The quantitative estimate of drug-likeness (QED) is 0.600. The summed E-state index contributed by atoms with van der Waals surface area (Å²) in [6.07, 6.45) is -4.38. The van der Waals surface area contributed by atoms with Crippen LogP contribution in [0.4, 0.5) is 0 Å². The van der Waals surface area contributed by atoms with Gasteiger partial charge in [0, 0.05) is 16.4 Å². The van der Waals surface area contributed by atoms with E-state index >= 15 is 0 Å². The first-order valence-corrected chi connectivity index (χ1v) is 2.59. The molecule has 0 atom stereocenters. The maximum atomic E-state index is 8.03. The minimum atomic E-state index is -3.72. The highest BCUT2D eigenvalue weighted by Gasteiger charge is 2.08. The lowest BCUT2D eigenvalue weighted by Gasteiger charge is -1.99. The van der Waals surface area contributed by atoms with Crippen LogP contribution in [-0.2, 0) is 0 Å². The van der Waals surface area contributed by atoms with Gasteiger partial charge in [0.2, 0.25) is 6.30 Å². The second-order valence-electron chi connectivity index (χ2n) is 1.69. The first kappa shape index (κ1) is 1.17. The molecule has 0 saturated heterocycles. The monoisotopic (exact) mass is 170 g/mol. The fourth-order valence-electron chi connectivity index (χ4n) is 0.462. The van der Waals surface area contributed by atoms with Crippen molar-refractivity contribution in [3.8, 4) is 0 Å².